The van der Waals surface area contributed by atoms with Crippen LogP contribution in [0.3, 0.4) is 0 Å². The van der Waals surface area contributed by atoms with E-state index in [-0.39, 0.29) is 47.5 Å². The van der Waals surface area contributed by atoms with E-state index in [0.29, 0.717) is 48.0 Å². The van der Waals surface area contributed by atoms with E-state index in [0.717, 1.165) is 72.4 Å². The molecule has 10 aromatic rings. The number of pyridine rings is 3. The van der Waals surface area contributed by atoms with Crippen LogP contribution in [0, 0.1) is 13.8 Å². The maximum absolute atomic E-state index is 5.28. The third kappa shape index (κ3) is 9.19. The third-order valence-electron chi connectivity index (χ3n) is 14.9. The number of hydrogen-bond acceptors (Lipinski definition) is 18. The van der Waals surface area contributed by atoms with Crippen LogP contribution in [0.1, 0.15) is 36.6 Å². The van der Waals surface area contributed by atoms with Crippen molar-refractivity contribution in [2.75, 3.05) is 27.8 Å². The summed E-state index contributed by atoms with van der Waals surface area (Å²) in [5.41, 5.74) is 8.05. The molecule has 0 amide bonds. The van der Waals surface area contributed by atoms with Crippen molar-refractivity contribution in [1.82, 2.24) is 71.4 Å². The number of aromatic nitrogens is 9. The molecule has 84 heavy (non-hydrogen) atoms. The maximum atomic E-state index is 5.28. The number of aryl methyl sites for hydroxylation is 2. The number of imidazole rings is 3. The minimum Gasteiger partial charge on any atom is -0.647 e. The van der Waals surface area contributed by atoms with Crippen molar-refractivity contribution in [1.29, 1.82) is 0 Å². The molecule has 12 heterocycles. The number of nitrogens with one attached hydrogen (secondary N) is 12. The molecule has 0 radical (unpaired) electrons. The number of H-pyrrole nitrogens is 3. The summed E-state index contributed by atoms with van der Waals surface area (Å²) in [5.74, 6) is 3.04. The molecule has 6 atom stereocenters. The van der Waals surface area contributed by atoms with Crippen LogP contribution in [0.4, 0.5) is 29.2 Å². The monoisotopic (exact) mass is 1220 g/mol. The van der Waals surface area contributed by atoms with Crippen molar-refractivity contribution in [3.8, 4) is 0 Å². The molecule has 6 aromatic heterocycles. The Morgan fingerprint density at radius 3 is 2.05 bits per heavy atom. The quantitative estimate of drug-likeness (QED) is 0.0599. The van der Waals surface area contributed by atoms with Gasteiger partial charge < -0.3 is 73.1 Å². The summed E-state index contributed by atoms with van der Waals surface area (Å²) >= 11 is 0. The summed E-state index contributed by atoms with van der Waals surface area (Å²) < 4.78 is 0. The normalized spacial score (nSPS) is 23.8. The Morgan fingerprint density at radius 2 is 1.31 bits per heavy atom. The molecule has 2 unspecified atom stereocenters. The number of benzene rings is 4. The molecule has 16 rings (SSSR count). The van der Waals surface area contributed by atoms with Crippen molar-refractivity contribution in [2.45, 2.75) is 49.1 Å². The Labute approximate surface area is 514 Å². The van der Waals surface area contributed by atoms with Gasteiger partial charge in [0.1, 0.15) is 11.6 Å². The number of anilines is 4. The van der Waals surface area contributed by atoms with Gasteiger partial charge in [0.2, 0.25) is 11.9 Å². The smallest absolute Gasteiger partial charge is 0.647 e. The van der Waals surface area contributed by atoms with E-state index in [9.17, 15) is 0 Å². The Balaban J connectivity index is 0.000000235. The number of rotatable bonds is 9. The Morgan fingerprint density at radius 1 is 0.619 bits per heavy atom. The molecule has 0 bridgehead atoms. The predicted octanol–water partition coefficient (Wildman–Crippen LogP) is 9.44. The Hall–Kier alpha value is -9.60. The minimum absolute atomic E-state index is 0. The van der Waals surface area contributed by atoms with Gasteiger partial charge in [0.25, 0.3) is 0 Å². The zero-order valence-corrected chi connectivity index (χ0v) is 51.3. The van der Waals surface area contributed by atoms with Crippen LogP contribution in [0.5, 0.6) is 0 Å². The number of aromatic amines is 3. The molecule has 4 aromatic carbocycles. The van der Waals surface area contributed by atoms with Gasteiger partial charge in [0, 0.05) is 88.5 Å². The second kappa shape index (κ2) is 21.3. The number of guanidine groups is 3. The predicted molar refractivity (Wildman–Crippen MR) is 329 cm³/mol. The van der Waals surface area contributed by atoms with Crippen LogP contribution in [0.25, 0.3) is 49.1 Å². The molecular formula is C58H63N24Zn2-. The van der Waals surface area contributed by atoms with Gasteiger partial charge in [-0.15, -0.1) is 5.69 Å². The molecule has 6 aliphatic rings. The minimum atomic E-state index is -1.26. The van der Waals surface area contributed by atoms with E-state index >= 15 is 0 Å². The van der Waals surface area contributed by atoms with E-state index in [1.807, 2.05) is 134 Å². The van der Waals surface area contributed by atoms with Gasteiger partial charge in [-0.25, -0.2) is 19.9 Å². The van der Waals surface area contributed by atoms with Gasteiger partial charge in [-0.3, -0.25) is 30.6 Å². The van der Waals surface area contributed by atoms with E-state index in [4.69, 9.17) is 50.9 Å². The second-order valence-electron chi connectivity index (χ2n) is 20.3. The molecule has 12 N–H and O–H groups in total. The topological polar surface area (TPSA) is 312 Å². The Bertz CT molecular complexity index is 4230. The first-order chi connectivity index (χ1) is 40.2. The van der Waals surface area contributed by atoms with E-state index in [2.05, 4.69) is 105 Å². The maximum Gasteiger partial charge on any atom is 2.00 e. The molecule has 6 aliphatic heterocycles. The SMILES string of the molecule is Cc1ccc2c(c1)NC(NC1=N[C@]3(c4cccnc4)[N-]C(Nc4nc5ccccc5[nH]4)=N[C@]3(c3ccccn3)N1)[N-]2.Cc1ccc2nc(NC3=N[C@]4(C5=CC=CNC5)[N-]C(Nc5nc6ccccc6[nH]5)N[C@]4(c4ccccn4)N3)[nH]c2c1.[HH].[HH].[HH].[HH].[HH].[HH].[Zn+2].[Zn]. The van der Waals surface area contributed by atoms with E-state index < -0.39 is 35.2 Å². The van der Waals surface area contributed by atoms with Gasteiger partial charge in [-0.1, -0.05) is 66.7 Å². The van der Waals surface area contributed by atoms with Crippen LogP contribution >= 0.6 is 0 Å². The fraction of sp³-hybridized carbons (Fsp3) is 0.155. The van der Waals surface area contributed by atoms with Crippen LogP contribution in [0.15, 0.2) is 197 Å². The average molecular weight is 1230 g/mol. The molecule has 0 saturated carbocycles. The molecule has 24 nitrogen and oxygen atoms in total. The second-order valence-corrected chi connectivity index (χ2v) is 20.3. The summed E-state index contributed by atoms with van der Waals surface area (Å²) in [6.45, 7) is 4.67. The summed E-state index contributed by atoms with van der Waals surface area (Å²) in [5, 5.41) is 46.1. The summed E-state index contributed by atoms with van der Waals surface area (Å²) in [6, 6.07) is 43.3. The number of hydrogen-bond donors (Lipinski definition) is 12. The van der Waals surface area contributed by atoms with Crippen molar-refractivity contribution in [2.24, 2.45) is 15.0 Å². The van der Waals surface area contributed by atoms with Crippen LogP contribution < -0.4 is 47.9 Å². The number of fused-ring (bicyclic) bond motifs is 6. The van der Waals surface area contributed by atoms with Crippen molar-refractivity contribution >= 4 is 80.2 Å². The largest absolute Gasteiger partial charge is 2.00 e. The number of dihydropyridines is 1. The summed E-state index contributed by atoms with van der Waals surface area (Å²) in [4.78, 5) is 53.4. The zero-order chi connectivity index (χ0) is 54.9. The number of nitrogens with zero attached hydrogens (tertiary/aromatic N) is 12. The van der Waals surface area contributed by atoms with Crippen LogP contribution in [0.2, 0.25) is 0 Å². The van der Waals surface area contributed by atoms with Gasteiger partial charge in [0.05, 0.1) is 44.5 Å². The van der Waals surface area contributed by atoms with Crippen LogP contribution in [-0.2, 0) is 55.9 Å². The zero-order valence-electron chi connectivity index (χ0n) is 45.4. The Kier molecular flexibility index (Phi) is 13.6. The van der Waals surface area contributed by atoms with E-state index in [1.165, 1.54) is 0 Å². The first-order valence-electron chi connectivity index (χ1n) is 26.6. The summed E-state index contributed by atoms with van der Waals surface area (Å²) in [7, 11) is 0. The average Bonchev–Trinajstić information content (AvgIpc) is 1.54. The third-order valence-corrected chi connectivity index (χ3v) is 14.9. The van der Waals surface area contributed by atoms with Gasteiger partial charge in [-0.05, 0) is 122 Å². The molecule has 420 valence electrons. The first-order valence-corrected chi connectivity index (χ1v) is 26.6. The molecule has 1 fully saturated rings. The molecule has 0 aliphatic carbocycles. The molecule has 1 saturated heterocycles. The van der Waals surface area contributed by atoms with Crippen LogP contribution in [-0.4, -0.2) is 87.5 Å². The molecular weight excluding hydrogens is 1160 g/mol. The van der Waals surface area contributed by atoms with Gasteiger partial charge in [0.15, 0.2) is 23.2 Å². The fourth-order valence-corrected chi connectivity index (χ4v) is 11.3. The standard InChI is InChI=1S/C29H27N12.C29H24N12.2Zn.6H2/c2*1-17-11-12-21-22(15-17)35-25(34-21)37-27-39-28(18-7-6-13-30-16-18)29(41-27,23-10-4-5-14-31-23)40-26(38-28)36-24-32-19-8-2-3-9-20(19)33-24;;;;;;;;/h2-15,26,30,40H,16H2,1H3,(H2,32,33,36)(H3,34,35,37,39,41);2-16,25,35H,1H3,(H4-,32,33,36,37,38,39,40,41);;;6*1H/q-1;-2;;+2;;;;;;/t26?,28-,29+;25?,28-,29+;;;;;;;;/m00......../s1. The molecule has 0 spiro atoms. The van der Waals surface area contributed by atoms with Crippen molar-refractivity contribution in [3.05, 3.63) is 226 Å². The first kappa shape index (κ1) is 53.7. The van der Waals surface area contributed by atoms with Crippen molar-refractivity contribution < 1.29 is 47.5 Å². The number of allylic oxidation sites excluding steroid dienone is 2. The number of aliphatic imine (C=N–C) groups is 3. The molecule has 26 heteroatoms. The van der Waals surface area contributed by atoms with Gasteiger partial charge in [-0.2, -0.15) is 0 Å². The van der Waals surface area contributed by atoms with E-state index in [1.54, 1.807) is 24.8 Å². The van der Waals surface area contributed by atoms with Gasteiger partial charge >= 0.3 is 19.5 Å². The fourth-order valence-electron chi connectivity index (χ4n) is 11.3. The van der Waals surface area contributed by atoms with Crippen molar-refractivity contribution in [3.63, 3.8) is 0 Å². The summed E-state index contributed by atoms with van der Waals surface area (Å²) in [6.07, 6.45) is 11.9. The number of para-hydroxylation sites is 4.